The molecule has 0 heterocycles. The monoisotopic (exact) mass is 1020 g/mol. The Hall–Kier alpha value is -1.80. The molecule has 0 saturated heterocycles. The molecule has 0 aromatic heterocycles. The molecule has 0 aliphatic heterocycles. The van der Waals surface area contributed by atoms with Crippen molar-refractivity contribution < 1.29 is 32.9 Å². The Morgan fingerprint density at radius 2 is 0.831 bits per heavy atom. The van der Waals surface area contributed by atoms with Crippen molar-refractivity contribution in [2.45, 2.75) is 289 Å². The number of rotatable bonds is 55. The van der Waals surface area contributed by atoms with Crippen molar-refractivity contribution in [2.75, 3.05) is 40.9 Å². The largest absolute Gasteiger partial charge is 0.756 e. The van der Waals surface area contributed by atoms with Crippen molar-refractivity contribution in [3.8, 4) is 0 Å². The van der Waals surface area contributed by atoms with Gasteiger partial charge >= 0.3 is 0 Å². The number of aliphatic hydroxyl groups is 1. The number of carbonyl (C=O) groups excluding carboxylic acids is 1. The van der Waals surface area contributed by atoms with E-state index in [1.165, 1.54) is 205 Å². The topological polar surface area (TPSA) is 108 Å². The molecule has 0 saturated carbocycles. The minimum atomic E-state index is -4.61. The van der Waals surface area contributed by atoms with Crippen LogP contribution in [0.15, 0.2) is 60.8 Å². The highest BCUT2D eigenvalue weighted by atomic mass is 31.2. The second-order valence-corrected chi connectivity index (χ2v) is 23.1. The summed E-state index contributed by atoms with van der Waals surface area (Å²) in [6, 6.07) is -0.907. The number of carbonyl (C=O) groups is 1. The van der Waals surface area contributed by atoms with E-state index in [9.17, 15) is 19.4 Å². The fraction of sp³-hybridized carbons (Fsp3) is 0.823. The number of amides is 1. The standard InChI is InChI=1S/C62H117N2O6P/c1-6-8-10-12-14-16-18-20-22-24-26-28-30-31-32-33-34-36-38-40-42-44-46-48-50-52-54-56-62(66)63-60(59-70-71(67,68)69-58-57-64(3,4)5)61(65)55-53-51-49-47-45-43-41-39-37-35-29-27-25-23-21-19-17-15-13-11-9-7-2/h18,20,24,26,30-31,45,47,53,55,60-61,65H,6-17,19,21-23,25,27-29,32-44,46,48-52,54,56-59H2,1-5H3,(H-,63,66,67,68)/b20-18-,26-24-,31-30-,47-45+,55-53+. The Morgan fingerprint density at radius 1 is 0.493 bits per heavy atom. The van der Waals surface area contributed by atoms with Crippen LogP contribution in [0.5, 0.6) is 0 Å². The third-order valence-corrected chi connectivity index (χ3v) is 14.4. The Balaban J connectivity index is 4.23. The van der Waals surface area contributed by atoms with E-state index < -0.39 is 26.6 Å². The van der Waals surface area contributed by atoms with E-state index in [0.717, 1.165) is 51.4 Å². The molecular formula is C62H117N2O6P. The smallest absolute Gasteiger partial charge is 0.268 e. The van der Waals surface area contributed by atoms with Gasteiger partial charge in [-0.2, -0.15) is 0 Å². The zero-order valence-corrected chi connectivity index (χ0v) is 48.3. The van der Waals surface area contributed by atoms with Gasteiger partial charge in [0.2, 0.25) is 5.91 Å². The number of unbranched alkanes of at least 4 members (excludes halogenated alkanes) is 34. The molecule has 71 heavy (non-hydrogen) atoms. The van der Waals surface area contributed by atoms with Gasteiger partial charge in [-0.15, -0.1) is 0 Å². The molecule has 8 nitrogen and oxygen atoms in total. The molecule has 1 amide bonds. The van der Waals surface area contributed by atoms with E-state index in [4.69, 9.17) is 9.05 Å². The molecule has 0 aromatic carbocycles. The number of phosphoric acid groups is 1. The Labute approximate surface area is 441 Å². The number of phosphoric ester groups is 1. The number of quaternary nitrogens is 1. The van der Waals surface area contributed by atoms with Crippen molar-refractivity contribution in [2.24, 2.45) is 0 Å². The molecule has 2 N–H and O–H groups in total. The molecule has 0 aliphatic rings. The molecular weight excluding hydrogens is 900 g/mol. The summed E-state index contributed by atoms with van der Waals surface area (Å²) < 4.78 is 23.4. The van der Waals surface area contributed by atoms with Gasteiger partial charge in [-0.05, 0) is 70.6 Å². The number of nitrogens with one attached hydrogen (secondary N) is 1. The number of aliphatic hydroxyl groups excluding tert-OH is 1. The second kappa shape index (κ2) is 53.0. The molecule has 0 radical (unpaired) electrons. The molecule has 0 aromatic rings. The van der Waals surface area contributed by atoms with Crippen LogP contribution in [0.2, 0.25) is 0 Å². The van der Waals surface area contributed by atoms with Crippen LogP contribution >= 0.6 is 7.82 Å². The van der Waals surface area contributed by atoms with Crippen LogP contribution in [-0.4, -0.2) is 68.5 Å². The zero-order chi connectivity index (χ0) is 52.0. The summed E-state index contributed by atoms with van der Waals surface area (Å²) >= 11 is 0. The molecule has 3 unspecified atom stereocenters. The lowest BCUT2D eigenvalue weighted by atomic mass is 10.0. The predicted molar refractivity (Wildman–Crippen MR) is 307 cm³/mol. The minimum Gasteiger partial charge on any atom is -0.756 e. The summed E-state index contributed by atoms with van der Waals surface area (Å²) in [5, 5.41) is 13.9. The lowest BCUT2D eigenvalue weighted by Gasteiger charge is -2.29. The number of hydrogen-bond acceptors (Lipinski definition) is 6. The summed E-state index contributed by atoms with van der Waals surface area (Å²) in [5.41, 5.74) is 0. The number of hydrogen-bond donors (Lipinski definition) is 2. The molecule has 0 bridgehead atoms. The maximum absolute atomic E-state index is 13.0. The van der Waals surface area contributed by atoms with Gasteiger partial charge in [0.05, 0.1) is 39.9 Å². The zero-order valence-electron chi connectivity index (χ0n) is 47.4. The van der Waals surface area contributed by atoms with E-state index in [-0.39, 0.29) is 12.5 Å². The average molecular weight is 1020 g/mol. The second-order valence-electron chi connectivity index (χ2n) is 21.7. The molecule has 0 fully saturated rings. The van der Waals surface area contributed by atoms with Crippen LogP contribution in [0, 0.1) is 0 Å². The van der Waals surface area contributed by atoms with Gasteiger partial charge in [-0.25, -0.2) is 0 Å². The van der Waals surface area contributed by atoms with Gasteiger partial charge in [0.25, 0.3) is 7.82 Å². The van der Waals surface area contributed by atoms with Gasteiger partial charge in [0.1, 0.15) is 13.2 Å². The SMILES string of the molecule is CCCCCCC/C=C\C/C=C\C/C=C\CCCCCCCCCCCCCCC(=O)NC(COP(=O)([O-])OCC[N+](C)(C)C)C(O)/C=C/CC/C=C/CCCCCCCCCCCCCCCCCC. The van der Waals surface area contributed by atoms with E-state index in [2.05, 4.69) is 67.8 Å². The quantitative estimate of drug-likeness (QED) is 0.0272. The fourth-order valence-electron chi connectivity index (χ4n) is 8.71. The summed E-state index contributed by atoms with van der Waals surface area (Å²) in [7, 11) is 1.24. The van der Waals surface area contributed by atoms with E-state index in [1.54, 1.807) is 6.08 Å². The van der Waals surface area contributed by atoms with Gasteiger partial charge in [0.15, 0.2) is 0 Å². The van der Waals surface area contributed by atoms with Crippen molar-refractivity contribution >= 4 is 13.7 Å². The van der Waals surface area contributed by atoms with Crippen LogP contribution in [0.1, 0.15) is 277 Å². The first kappa shape index (κ1) is 69.2. The molecule has 0 rings (SSSR count). The fourth-order valence-corrected chi connectivity index (χ4v) is 9.43. The molecule has 3 atom stereocenters. The summed E-state index contributed by atoms with van der Waals surface area (Å²) in [6.07, 6.45) is 71.6. The summed E-state index contributed by atoms with van der Waals surface area (Å²) in [4.78, 5) is 25.5. The minimum absolute atomic E-state index is 0.00798. The van der Waals surface area contributed by atoms with Crippen LogP contribution in [0.4, 0.5) is 0 Å². The lowest BCUT2D eigenvalue weighted by molar-refractivity contribution is -0.870. The van der Waals surface area contributed by atoms with Crippen molar-refractivity contribution in [3.05, 3.63) is 60.8 Å². The Morgan fingerprint density at radius 3 is 1.24 bits per heavy atom. The van der Waals surface area contributed by atoms with Gasteiger partial charge in [0, 0.05) is 6.42 Å². The Kier molecular flexibility index (Phi) is 51.7. The van der Waals surface area contributed by atoms with Crippen LogP contribution in [0.25, 0.3) is 0 Å². The Bertz CT molecular complexity index is 1340. The van der Waals surface area contributed by atoms with Gasteiger partial charge in [-0.3, -0.25) is 9.36 Å². The first-order valence-corrected chi connectivity index (χ1v) is 31.6. The average Bonchev–Trinajstić information content (AvgIpc) is 3.33. The number of likely N-dealkylation sites (N-methyl/N-ethyl adjacent to an activating group) is 1. The number of nitrogens with zero attached hydrogens (tertiary/aromatic N) is 1. The summed E-state index contributed by atoms with van der Waals surface area (Å²) in [5.74, 6) is -0.208. The van der Waals surface area contributed by atoms with Crippen LogP contribution in [0.3, 0.4) is 0 Å². The van der Waals surface area contributed by atoms with E-state index >= 15 is 0 Å². The third kappa shape index (κ3) is 55.8. The molecule has 9 heteroatoms. The van der Waals surface area contributed by atoms with Gasteiger partial charge < -0.3 is 28.8 Å². The first-order chi connectivity index (χ1) is 34.5. The lowest BCUT2D eigenvalue weighted by Crippen LogP contribution is -2.45. The van der Waals surface area contributed by atoms with Crippen molar-refractivity contribution in [1.82, 2.24) is 5.32 Å². The van der Waals surface area contributed by atoms with Crippen LogP contribution in [-0.2, 0) is 18.4 Å². The predicted octanol–water partition coefficient (Wildman–Crippen LogP) is 17.9. The van der Waals surface area contributed by atoms with Crippen molar-refractivity contribution in [1.29, 1.82) is 0 Å². The maximum Gasteiger partial charge on any atom is 0.268 e. The highest BCUT2D eigenvalue weighted by molar-refractivity contribution is 7.45. The third-order valence-electron chi connectivity index (χ3n) is 13.4. The summed E-state index contributed by atoms with van der Waals surface area (Å²) in [6.45, 7) is 4.64. The highest BCUT2D eigenvalue weighted by Gasteiger charge is 2.23. The first-order valence-electron chi connectivity index (χ1n) is 30.2. The maximum atomic E-state index is 13.0. The van der Waals surface area contributed by atoms with Gasteiger partial charge in [-0.1, -0.05) is 261 Å². The van der Waals surface area contributed by atoms with E-state index in [1.807, 2.05) is 27.2 Å². The normalized spacial score (nSPS) is 14.3. The number of allylic oxidation sites excluding steroid dienone is 9. The molecule has 416 valence electrons. The van der Waals surface area contributed by atoms with E-state index in [0.29, 0.717) is 17.4 Å². The highest BCUT2D eigenvalue weighted by Crippen LogP contribution is 2.38. The molecule has 0 spiro atoms. The van der Waals surface area contributed by atoms with Crippen LogP contribution < -0.4 is 10.2 Å². The molecule has 0 aliphatic carbocycles. The van der Waals surface area contributed by atoms with Crippen molar-refractivity contribution in [3.63, 3.8) is 0 Å².